The molecule has 3 aromatic rings. The van der Waals surface area contributed by atoms with E-state index >= 15 is 0 Å². The van der Waals surface area contributed by atoms with Crippen LogP contribution in [-0.2, 0) is 0 Å². The van der Waals surface area contributed by atoms with Crippen LogP contribution in [0.1, 0.15) is 11.3 Å². The van der Waals surface area contributed by atoms with Gasteiger partial charge in [0.05, 0.1) is 6.26 Å². The van der Waals surface area contributed by atoms with Crippen LogP contribution in [0.3, 0.4) is 0 Å². The molecular weight excluding hydrogens is 302 g/mol. The van der Waals surface area contributed by atoms with Crippen LogP contribution in [0.5, 0.6) is 5.75 Å². The van der Waals surface area contributed by atoms with E-state index in [-0.39, 0.29) is 0 Å². The van der Waals surface area contributed by atoms with E-state index in [0.717, 1.165) is 28.5 Å². The summed E-state index contributed by atoms with van der Waals surface area (Å²) in [6.45, 7) is 4.29. The number of hydrogen-bond donors (Lipinski definition) is 0. The average molecular weight is 321 g/mol. The minimum absolute atomic E-state index is 0.743. The number of hydrogen-bond acceptors (Lipinski definition) is 3. The standard InChI is InChI=1S/C19H19NO2Si/c1-23(2)22-17-12-7-6-11-16(17)20-19(18-13-8-14-21-18)15-9-4-3-5-10-15/h3-14,23H,1-2H3. The van der Waals surface area contributed by atoms with E-state index in [1.165, 1.54) is 0 Å². The summed E-state index contributed by atoms with van der Waals surface area (Å²) in [6, 6.07) is 21.7. The summed E-state index contributed by atoms with van der Waals surface area (Å²) in [5.74, 6) is 1.57. The van der Waals surface area contributed by atoms with E-state index in [4.69, 9.17) is 13.8 Å². The Morgan fingerprint density at radius 1 is 0.913 bits per heavy atom. The van der Waals surface area contributed by atoms with Crippen molar-refractivity contribution in [3.8, 4) is 5.75 Å². The zero-order valence-electron chi connectivity index (χ0n) is 13.3. The van der Waals surface area contributed by atoms with Crippen LogP contribution in [-0.4, -0.2) is 14.8 Å². The van der Waals surface area contributed by atoms with Crippen LogP contribution >= 0.6 is 0 Å². The third kappa shape index (κ3) is 3.79. The SMILES string of the molecule is C[SiH](C)Oc1ccccc1N=C(c1ccccc1)c1ccco1. The van der Waals surface area contributed by atoms with Crippen molar-refractivity contribution in [1.29, 1.82) is 0 Å². The highest BCUT2D eigenvalue weighted by molar-refractivity contribution is 6.49. The van der Waals surface area contributed by atoms with Crippen molar-refractivity contribution in [3.05, 3.63) is 84.3 Å². The topological polar surface area (TPSA) is 34.7 Å². The molecule has 0 N–H and O–H groups in total. The molecule has 0 radical (unpaired) electrons. The highest BCUT2D eigenvalue weighted by atomic mass is 28.3. The summed E-state index contributed by atoms with van der Waals surface area (Å²) in [5.41, 5.74) is 2.64. The van der Waals surface area contributed by atoms with Gasteiger partial charge in [-0.3, -0.25) is 0 Å². The Morgan fingerprint density at radius 2 is 1.65 bits per heavy atom. The maximum absolute atomic E-state index is 6.00. The Morgan fingerprint density at radius 3 is 2.35 bits per heavy atom. The molecule has 2 aromatic carbocycles. The fraction of sp³-hybridized carbons (Fsp3) is 0.105. The number of aliphatic imine (C=N–C) groups is 1. The summed E-state index contributed by atoms with van der Waals surface area (Å²) >= 11 is 0. The summed E-state index contributed by atoms with van der Waals surface area (Å²) in [7, 11) is -1.20. The summed E-state index contributed by atoms with van der Waals surface area (Å²) in [6.07, 6.45) is 1.66. The fourth-order valence-electron chi connectivity index (χ4n) is 2.29. The van der Waals surface area contributed by atoms with Gasteiger partial charge >= 0.3 is 0 Å². The molecule has 4 heteroatoms. The minimum Gasteiger partial charge on any atom is -0.546 e. The second-order valence-electron chi connectivity index (χ2n) is 5.44. The van der Waals surface area contributed by atoms with Gasteiger partial charge in [-0.15, -0.1) is 0 Å². The summed E-state index contributed by atoms with van der Waals surface area (Å²) in [5, 5.41) is 0. The molecule has 0 saturated heterocycles. The molecule has 116 valence electrons. The molecule has 3 rings (SSSR count). The van der Waals surface area contributed by atoms with Crippen LogP contribution in [0.15, 0.2) is 82.4 Å². The van der Waals surface area contributed by atoms with Crippen LogP contribution in [0.4, 0.5) is 5.69 Å². The van der Waals surface area contributed by atoms with Gasteiger partial charge in [-0.25, -0.2) is 4.99 Å². The van der Waals surface area contributed by atoms with Gasteiger partial charge in [-0.2, -0.15) is 0 Å². The molecular formula is C19H19NO2Si. The Balaban J connectivity index is 2.09. The van der Waals surface area contributed by atoms with E-state index in [1.54, 1.807) is 6.26 Å². The molecule has 1 aromatic heterocycles. The highest BCUT2D eigenvalue weighted by Crippen LogP contribution is 2.29. The molecule has 0 aliphatic rings. The van der Waals surface area contributed by atoms with Gasteiger partial charge in [-0.1, -0.05) is 42.5 Å². The number of benzene rings is 2. The monoisotopic (exact) mass is 321 g/mol. The summed E-state index contributed by atoms with van der Waals surface area (Å²) in [4.78, 5) is 4.84. The van der Waals surface area contributed by atoms with Crippen molar-refractivity contribution in [1.82, 2.24) is 0 Å². The predicted molar refractivity (Wildman–Crippen MR) is 96.4 cm³/mol. The van der Waals surface area contributed by atoms with E-state index in [0.29, 0.717) is 0 Å². The zero-order chi connectivity index (χ0) is 16.1. The fourth-order valence-corrected chi connectivity index (χ4v) is 3.00. The third-order valence-electron chi connectivity index (χ3n) is 3.26. The van der Waals surface area contributed by atoms with E-state index in [2.05, 4.69) is 13.1 Å². The van der Waals surface area contributed by atoms with Gasteiger partial charge in [0.2, 0.25) is 9.04 Å². The van der Waals surface area contributed by atoms with E-state index in [1.807, 2.05) is 66.7 Å². The molecule has 0 bridgehead atoms. The Labute approximate surface area is 138 Å². The molecule has 0 spiro atoms. The Bertz CT molecular complexity index is 780. The average Bonchev–Trinajstić information content (AvgIpc) is 3.08. The van der Waals surface area contributed by atoms with Crippen LogP contribution < -0.4 is 4.43 Å². The molecule has 1 heterocycles. The van der Waals surface area contributed by atoms with Crippen molar-refractivity contribution in [2.75, 3.05) is 0 Å². The van der Waals surface area contributed by atoms with Crippen LogP contribution in [0, 0.1) is 0 Å². The molecule has 0 saturated carbocycles. The molecule has 3 nitrogen and oxygen atoms in total. The molecule has 0 aliphatic carbocycles. The maximum Gasteiger partial charge on any atom is 0.229 e. The predicted octanol–water partition coefficient (Wildman–Crippen LogP) is 4.81. The Hall–Kier alpha value is -2.59. The lowest BCUT2D eigenvalue weighted by Crippen LogP contribution is -2.11. The number of nitrogens with zero attached hydrogens (tertiary/aromatic N) is 1. The largest absolute Gasteiger partial charge is 0.546 e. The van der Waals surface area contributed by atoms with Crippen molar-refractivity contribution in [3.63, 3.8) is 0 Å². The van der Waals surface area contributed by atoms with Crippen molar-refractivity contribution in [2.45, 2.75) is 13.1 Å². The third-order valence-corrected chi connectivity index (χ3v) is 3.99. The van der Waals surface area contributed by atoms with E-state index in [9.17, 15) is 0 Å². The lowest BCUT2D eigenvalue weighted by Gasteiger charge is -2.12. The second-order valence-corrected chi connectivity index (χ2v) is 7.77. The smallest absolute Gasteiger partial charge is 0.229 e. The van der Waals surface area contributed by atoms with Gasteiger partial charge in [-0.05, 0) is 37.4 Å². The lowest BCUT2D eigenvalue weighted by molar-refractivity contribution is 0.558. The van der Waals surface area contributed by atoms with Gasteiger partial charge in [0, 0.05) is 5.56 Å². The lowest BCUT2D eigenvalue weighted by atomic mass is 10.1. The molecule has 0 amide bonds. The van der Waals surface area contributed by atoms with Gasteiger partial charge < -0.3 is 8.84 Å². The maximum atomic E-state index is 6.00. The minimum atomic E-state index is -1.20. The van der Waals surface area contributed by atoms with Gasteiger partial charge in [0.25, 0.3) is 0 Å². The summed E-state index contributed by atoms with van der Waals surface area (Å²) < 4.78 is 11.6. The number of para-hydroxylation sites is 2. The number of furan rings is 1. The van der Waals surface area contributed by atoms with Gasteiger partial charge in [0.15, 0.2) is 5.76 Å². The number of rotatable bonds is 5. The van der Waals surface area contributed by atoms with Crippen molar-refractivity contribution < 1.29 is 8.84 Å². The first kappa shape index (κ1) is 15.3. The van der Waals surface area contributed by atoms with Crippen molar-refractivity contribution in [2.24, 2.45) is 4.99 Å². The second kappa shape index (κ2) is 7.11. The van der Waals surface area contributed by atoms with Crippen molar-refractivity contribution >= 4 is 20.4 Å². The molecule has 0 unspecified atom stereocenters. The molecule has 0 fully saturated rings. The first-order valence-corrected chi connectivity index (χ1v) is 10.5. The molecule has 0 aliphatic heterocycles. The van der Waals surface area contributed by atoms with Crippen LogP contribution in [0.2, 0.25) is 13.1 Å². The zero-order valence-corrected chi connectivity index (χ0v) is 14.4. The highest BCUT2D eigenvalue weighted by Gasteiger charge is 2.12. The molecule has 0 atom stereocenters. The normalized spacial score (nSPS) is 11.7. The van der Waals surface area contributed by atoms with Crippen LogP contribution in [0.25, 0.3) is 0 Å². The first-order chi connectivity index (χ1) is 11.2. The van der Waals surface area contributed by atoms with E-state index < -0.39 is 9.04 Å². The quantitative estimate of drug-likeness (QED) is 0.499. The Kier molecular flexibility index (Phi) is 4.73. The first-order valence-electron chi connectivity index (χ1n) is 7.67. The molecule has 23 heavy (non-hydrogen) atoms. The van der Waals surface area contributed by atoms with Gasteiger partial charge in [0.1, 0.15) is 17.1 Å².